The number of halogens is 2. The van der Waals surface area contributed by atoms with Gasteiger partial charge in [-0.15, -0.1) is 0 Å². The Bertz CT molecular complexity index is 637. The molecule has 0 radical (unpaired) electrons. The van der Waals surface area contributed by atoms with Gasteiger partial charge in [-0.3, -0.25) is 4.79 Å². The highest BCUT2D eigenvalue weighted by Crippen LogP contribution is 2.18. The van der Waals surface area contributed by atoms with Gasteiger partial charge >= 0.3 is 0 Å². The highest BCUT2D eigenvalue weighted by atomic mass is 79.9. The number of carbonyl (C=O) groups excluding carboxylic acids is 1. The third-order valence-corrected chi connectivity index (χ3v) is 3.41. The molecule has 1 heterocycles. The second kappa shape index (κ2) is 6.22. The van der Waals surface area contributed by atoms with Gasteiger partial charge in [0, 0.05) is 22.9 Å². The SMILES string of the molecule is CCCn1cc(Br)cc1C(=O)Nc1ccc(F)c(C)c1. The van der Waals surface area contributed by atoms with Crippen LogP contribution >= 0.6 is 15.9 Å². The summed E-state index contributed by atoms with van der Waals surface area (Å²) in [5.41, 5.74) is 1.68. The molecular weight excluding hydrogens is 323 g/mol. The number of benzene rings is 1. The fraction of sp³-hybridized carbons (Fsp3) is 0.267. The maximum atomic E-state index is 13.2. The van der Waals surface area contributed by atoms with Gasteiger partial charge in [0.05, 0.1) is 0 Å². The van der Waals surface area contributed by atoms with E-state index in [1.165, 1.54) is 6.07 Å². The summed E-state index contributed by atoms with van der Waals surface area (Å²) >= 11 is 3.38. The van der Waals surface area contributed by atoms with E-state index < -0.39 is 0 Å². The Hall–Kier alpha value is -1.62. The fourth-order valence-electron chi connectivity index (χ4n) is 2.01. The van der Waals surface area contributed by atoms with Crippen LogP contribution in [0, 0.1) is 12.7 Å². The third kappa shape index (κ3) is 3.28. The lowest BCUT2D eigenvalue weighted by Gasteiger charge is -2.09. The largest absolute Gasteiger partial charge is 0.342 e. The zero-order chi connectivity index (χ0) is 14.7. The van der Waals surface area contributed by atoms with Gasteiger partial charge in [0.15, 0.2) is 0 Å². The smallest absolute Gasteiger partial charge is 0.272 e. The van der Waals surface area contributed by atoms with Crippen LogP contribution in [0.15, 0.2) is 34.9 Å². The Kier molecular flexibility index (Phi) is 4.60. The van der Waals surface area contributed by atoms with E-state index in [4.69, 9.17) is 0 Å². The lowest BCUT2D eigenvalue weighted by atomic mass is 10.2. The first kappa shape index (κ1) is 14.8. The molecular formula is C15H16BrFN2O. The van der Waals surface area contributed by atoms with Crippen LogP contribution in [-0.2, 0) is 6.54 Å². The van der Waals surface area contributed by atoms with E-state index in [1.807, 2.05) is 10.8 Å². The minimum Gasteiger partial charge on any atom is -0.342 e. The second-order valence-corrected chi connectivity index (χ2v) is 5.57. The average Bonchev–Trinajstić information content (AvgIpc) is 2.75. The van der Waals surface area contributed by atoms with E-state index in [0.717, 1.165) is 17.4 Å². The maximum Gasteiger partial charge on any atom is 0.272 e. The molecule has 1 aromatic carbocycles. The quantitative estimate of drug-likeness (QED) is 0.882. The lowest BCUT2D eigenvalue weighted by Crippen LogP contribution is -2.16. The van der Waals surface area contributed by atoms with E-state index >= 15 is 0 Å². The predicted molar refractivity (Wildman–Crippen MR) is 81.5 cm³/mol. The molecule has 5 heteroatoms. The maximum absolute atomic E-state index is 13.2. The van der Waals surface area contributed by atoms with E-state index in [9.17, 15) is 9.18 Å². The molecule has 0 saturated heterocycles. The predicted octanol–water partition coefficient (Wildman–Crippen LogP) is 4.36. The Morgan fingerprint density at radius 1 is 1.40 bits per heavy atom. The summed E-state index contributed by atoms with van der Waals surface area (Å²) in [7, 11) is 0. The minimum atomic E-state index is -0.278. The van der Waals surface area contributed by atoms with Gasteiger partial charge in [-0.25, -0.2) is 4.39 Å². The fourth-order valence-corrected chi connectivity index (χ4v) is 2.47. The summed E-state index contributed by atoms with van der Waals surface area (Å²) in [5, 5.41) is 2.79. The number of nitrogens with one attached hydrogen (secondary N) is 1. The molecule has 0 bridgehead atoms. The van der Waals surface area contributed by atoms with Crippen molar-refractivity contribution in [2.24, 2.45) is 0 Å². The van der Waals surface area contributed by atoms with Crippen LogP contribution in [0.5, 0.6) is 0 Å². The van der Waals surface area contributed by atoms with Gasteiger partial charge in [0.25, 0.3) is 5.91 Å². The summed E-state index contributed by atoms with van der Waals surface area (Å²) in [6, 6.07) is 6.31. The first-order valence-corrected chi connectivity index (χ1v) is 7.23. The summed E-state index contributed by atoms with van der Waals surface area (Å²) in [6.45, 7) is 4.50. The van der Waals surface area contributed by atoms with Gasteiger partial charge < -0.3 is 9.88 Å². The minimum absolute atomic E-state index is 0.199. The number of rotatable bonds is 4. The van der Waals surface area contributed by atoms with Crippen LogP contribution in [0.1, 0.15) is 29.4 Å². The number of aryl methyl sites for hydroxylation is 2. The number of anilines is 1. The Labute approximate surface area is 125 Å². The van der Waals surface area contributed by atoms with Crippen LogP contribution in [0.2, 0.25) is 0 Å². The van der Waals surface area contributed by atoms with Gasteiger partial charge in [-0.2, -0.15) is 0 Å². The first-order chi connectivity index (χ1) is 9.51. The number of nitrogens with zero attached hydrogens (tertiary/aromatic N) is 1. The van der Waals surface area contributed by atoms with Gasteiger partial charge in [0.1, 0.15) is 11.5 Å². The number of amides is 1. The number of carbonyl (C=O) groups is 1. The van der Waals surface area contributed by atoms with Crippen molar-refractivity contribution in [1.82, 2.24) is 4.57 Å². The monoisotopic (exact) mass is 338 g/mol. The van der Waals surface area contributed by atoms with Crippen LogP contribution in [-0.4, -0.2) is 10.5 Å². The van der Waals surface area contributed by atoms with Gasteiger partial charge in [-0.1, -0.05) is 6.92 Å². The van der Waals surface area contributed by atoms with E-state index in [2.05, 4.69) is 28.2 Å². The molecule has 2 aromatic rings. The summed E-state index contributed by atoms with van der Waals surface area (Å²) < 4.78 is 16.0. The molecule has 1 amide bonds. The molecule has 3 nitrogen and oxygen atoms in total. The standard InChI is InChI=1S/C15H16BrFN2O/c1-3-6-19-9-11(16)8-14(19)15(20)18-12-4-5-13(17)10(2)7-12/h4-5,7-9H,3,6H2,1-2H3,(H,18,20). The van der Waals surface area contributed by atoms with Crippen molar-refractivity contribution in [2.75, 3.05) is 5.32 Å². The Balaban J connectivity index is 2.21. The molecule has 0 atom stereocenters. The molecule has 0 aliphatic rings. The zero-order valence-electron chi connectivity index (χ0n) is 11.4. The van der Waals surface area contributed by atoms with Crippen molar-refractivity contribution in [1.29, 1.82) is 0 Å². The number of aromatic nitrogens is 1. The molecule has 106 valence electrons. The average molecular weight is 339 g/mol. The molecule has 0 aliphatic carbocycles. The third-order valence-electron chi connectivity index (χ3n) is 2.98. The molecule has 0 spiro atoms. The molecule has 0 aliphatic heterocycles. The molecule has 0 fully saturated rings. The van der Waals surface area contributed by atoms with Crippen molar-refractivity contribution in [2.45, 2.75) is 26.8 Å². The lowest BCUT2D eigenvalue weighted by molar-refractivity contribution is 0.101. The highest BCUT2D eigenvalue weighted by molar-refractivity contribution is 9.10. The van der Waals surface area contributed by atoms with Crippen LogP contribution in [0.4, 0.5) is 10.1 Å². The van der Waals surface area contributed by atoms with E-state index in [1.54, 1.807) is 25.1 Å². The summed E-state index contributed by atoms with van der Waals surface area (Å²) in [6.07, 6.45) is 2.82. The van der Waals surface area contributed by atoms with Crippen molar-refractivity contribution in [3.8, 4) is 0 Å². The molecule has 1 N–H and O–H groups in total. The van der Waals surface area contributed by atoms with Crippen LogP contribution < -0.4 is 5.32 Å². The molecule has 2 rings (SSSR count). The first-order valence-electron chi connectivity index (χ1n) is 6.44. The molecule has 20 heavy (non-hydrogen) atoms. The zero-order valence-corrected chi connectivity index (χ0v) is 13.0. The van der Waals surface area contributed by atoms with Crippen molar-refractivity contribution >= 4 is 27.5 Å². The topological polar surface area (TPSA) is 34.0 Å². The van der Waals surface area contributed by atoms with Gasteiger partial charge in [-0.05, 0) is 59.1 Å². The summed E-state index contributed by atoms with van der Waals surface area (Å²) in [5.74, 6) is -0.477. The van der Waals surface area contributed by atoms with E-state index in [0.29, 0.717) is 16.9 Å². The second-order valence-electron chi connectivity index (χ2n) is 4.66. The highest BCUT2D eigenvalue weighted by Gasteiger charge is 2.13. The van der Waals surface area contributed by atoms with E-state index in [-0.39, 0.29) is 11.7 Å². The Morgan fingerprint density at radius 3 is 2.80 bits per heavy atom. The van der Waals surface area contributed by atoms with Crippen molar-refractivity contribution in [3.05, 3.63) is 52.0 Å². The van der Waals surface area contributed by atoms with Gasteiger partial charge in [0.2, 0.25) is 0 Å². The molecule has 1 aromatic heterocycles. The normalized spacial score (nSPS) is 10.6. The van der Waals surface area contributed by atoms with Crippen molar-refractivity contribution < 1.29 is 9.18 Å². The van der Waals surface area contributed by atoms with Crippen LogP contribution in [0.3, 0.4) is 0 Å². The van der Waals surface area contributed by atoms with Crippen LogP contribution in [0.25, 0.3) is 0 Å². The molecule has 0 saturated carbocycles. The van der Waals surface area contributed by atoms with Crippen molar-refractivity contribution in [3.63, 3.8) is 0 Å². The summed E-state index contributed by atoms with van der Waals surface area (Å²) in [4.78, 5) is 12.3. The number of hydrogen-bond donors (Lipinski definition) is 1. The molecule has 0 unspecified atom stereocenters. The Morgan fingerprint density at radius 2 is 2.15 bits per heavy atom. The number of hydrogen-bond acceptors (Lipinski definition) is 1.